The Labute approximate surface area is 220 Å². The van der Waals surface area contributed by atoms with Gasteiger partial charge in [-0.3, -0.25) is 9.69 Å². The first-order chi connectivity index (χ1) is 17.9. The number of carbonyl (C=O) groups is 2. The first-order valence-corrected chi connectivity index (χ1v) is 13.1. The molecule has 6 atom stereocenters. The number of methoxy groups -OCH3 is 2. The molecule has 1 saturated carbocycles. The van der Waals surface area contributed by atoms with Crippen molar-refractivity contribution in [3.05, 3.63) is 23.3 Å². The maximum Gasteiger partial charge on any atom is 0.339 e. The van der Waals surface area contributed by atoms with Gasteiger partial charge in [-0.2, -0.15) is 0 Å². The normalized spacial score (nSPS) is 34.3. The second kappa shape index (κ2) is 8.53. The van der Waals surface area contributed by atoms with Gasteiger partial charge in [0, 0.05) is 38.0 Å². The molecule has 0 aromatic heterocycles. The van der Waals surface area contributed by atoms with E-state index in [1.165, 1.54) is 28.1 Å². The molecule has 11 nitrogen and oxygen atoms in total. The zero-order valence-electron chi connectivity index (χ0n) is 22.2. The van der Waals surface area contributed by atoms with Crippen LogP contribution < -0.4 is 9.47 Å². The van der Waals surface area contributed by atoms with Crippen LogP contribution in [0.15, 0.2) is 12.1 Å². The van der Waals surface area contributed by atoms with E-state index in [9.17, 15) is 19.8 Å². The molecule has 0 unspecified atom stereocenters. The molecule has 6 aliphatic rings. The Kier molecular flexibility index (Phi) is 5.79. The third-order valence-electron chi connectivity index (χ3n) is 8.87. The zero-order valence-corrected chi connectivity index (χ0v) is 22.2. The highest BCUT2D eigenvalue weighted by Gasteiger charge is 2.72. The lowest BCUT2D eigenvalue weighted by atomic mass is 9.78. The third kappa shape index (κ3) is 3.74. The van der Waals surface area contributed by atoms with Gasteiger partial charge in [0.1, 0.15) is 0 Å². The highest BCUT2D eigenvalue weighted by molar-refractivity contribution is 5.86. The predicted octanol–water partition coefficient (Wildman–Crippen LogP) is 1.53. The molecule has 38 heavy (non-hydrogen) atoms. The molecular weight excluding hydrogens is 498 g/mol. The fraction of sp³-hybridized carbons (Fsp3) is 0.704. The van der Waals surface area contributed by atoms with Crippen molar-refractivity contribution < 1.29 is 48.2 Å². The van der Waals surface area contributed by atoms with Crippen LogP contribution in [-0.2, 0) is 28.5 Å². The van der Waals surface area contributed by atoms with Crippen LogP contribution in [0.1, 0.15) is 69.1 Å². The van der Waals surface area contributed by atoms with Gasteiger partial charge in [0.05, 0.1) is 25.2 Å². The van der Waals surface area contributed by atoms with E-state index in [2.05, 4.69) is 4.90 Å². The van der Waals surface area contributed by atoms with Crippen molar-refractivity contribution >= 4 is 11.9 Å². The topological polar surface area (TPSA) is 133 Å². The van der Waals surface area contributed by atoms with E-state index < -0.39 is 53.4 Å². The molecule has 3 fully saturated rings. The molecule has 5 aliphatic heterocycles. The van der Waals surface area contributed by atoms with Crippen molar-refractivity contribution in [2.75, 3.05) is 34.1 Å². The monoisotopic (exact) mass is 533 g/mol. The summed E-state index contributed by atoms with van der Waals surface area (Å²) < 4.78 is 35.1. The minimum Gasteiger partial charge on any atom is -0.469 e. The molecule has 208 valence electrons. The smallest absolute Gasteiger partial charge is 0.339 e. The van der Waals surface area contributed by atoms with E-state index in [4.69, 9.17) is 28.4 Å². The Morgan fingerprint density at radius 2 is 1.87 bits per heavy atom. The molecule has 1 spiro atoms. The summed E-state index contributed by atoms with van der Waals surface area (Å²) in [5, 5.41) is 21.9. The molecule has 0 radical (unpaired) electrons. The average Bonchev–Trinajstić information content (AvgIpc) is 3.47. The summed E-state index contributed by atoms with van der Waals surface area (Å²) >= 11 is 0. The number of carbonyl (C=O) groups excluding carboxylic acids is 2. The van der Waals surface area contributed by atoms with Gasteiger partial charge in [-0.05, 0) is 56.5 Å². The van der Waals surface area contributed by atoms with E-state index in [1.54, 1.807) is 0 Å². The minimum atomic E-state index is -2.32. The van der Waals surface area contributed by atoms with Crippen LogP contribution in [0.5, 0.6) is 11.5 Å². The number of hydrogen-bond donors (Lipinski definition) is 2. The fourth-order valence-electron chi connectivity index (χ4n) is 7.53. The number of hydrogen-bond acceptors (Lipinski definition) is 11. The lowest BCUT2D eigenvalue weighted by Gasteiger charge is -2.41. The summed E-state index contributed by atoms with van der Waals surface area (Å²) in [6.07, 6.45) is -0.0777. The molecule has 2 saturated heterocycles. The molecule has 7 rings (SSSR count). The van der Waals surface area contributed by atoms with Crippen LogP contribution in [-0.4, -0.2) is 89.8 Å². The average molecular weight is 534 g/mol. The summed E-state index contributed by atoms with van der Waals surface area (Å²) in [6.45, 7) is 4.57. The molecule has 2 N–H and O–H groups in total. The van der Waals surface area contributed by atoms with Crippen LogP contribution in [0, 0.1) is 0 Å². The largest absolute Gasteiger partial charge is 0.469 e. The van der Waals surface area contributed by atoms with Gasteiger partial charge in [0.15, 0.2) is 23.2 Å². The Morgan fingerprint density at radius 3 is 2.53 bits per heavy atom. The van der Waals surface area contributed by atoms with Crippen LogP contribution in [0.2, 0.25) is 0 Å². The number of rotatable bonds is 7. The van der Waals surface area contributed by atoms with Gasteiger partial charge in [0.25, 0.3) is 0 Å². The van der Waals surface area contributed by atoms with Gasteiger partial charge in [0.2, 0.25) is 12.6 Å². The molecule has 1 aromatic carbocycles. The Hall–Kier alpha value is -2.44. The number of nitrogens with zero attached hydrogens (tertiary/aromatic N) is 1. The Morgan fingerprint density at radius 1 is 1.16 bits per heavy atom. The van der Waals surface area contributed by atoms with E-state index in [0.717, 1.165) is 30.5 Å². The summed E-state index contributed by atoms with van der Waals surface area (Å²) in [4.78, 5) is 28.4. The van der Waals surface area contributed by atoms with E-state index in [0.29, 0.717) is 24.5 Å². The molecular formula is C27H35NO10. The first kappa shape index (κ1) is 25.8. The second-order valence-corrected chi connectivity index (χ2v) is 11.9. The van der Waals surface area contributed by atoms with Crippen molar-refractivity contribution in [1.82, 2.24) is 4.90 Å². The Bertz CT molecular complexity index is 1170. The van der Waals surface area contributed by atoms with Crippen LogP contribution in [0.4, 0.5) is 0 Å². The SMILES string of the molecule is COC(=O)C[C@](O)(CC(C)(C)O)C(=O)O[C@H]1[C@H]2c3cc4c(cc3[C@@H]3CN5CCC[C@]25C[C@@]1(OC)O3)OCO4. The van der Waals surface area contributed by atoms with E-state index in [1.807, 2.05) is 12.1 Å². The van der Waals surface area contributed by atoms with Crippen molar-refractivity contribution in [2.45, 2.75) is 86.6 Å². The summed E-state index contributed by atoms with van der Waals surface area (Å²) in [6, 6.07) is 3.90. The zero-order chi connectivity index (χ0) is 27.1. The Balaban J connectivity index is 1.45. The molecule has 11 heteroatoms. The molecule has 4 bridgehead atoms. The number of aliphatic hydroxyl groups is 2. The van der Waals surface area contributed by atoms with Crippen molar-refractivity contribution in [3.8, 4) is 11.5 Å². The number of esters is 2. The predicted molar refractivity (Wildman–Crippen MR) is 129 cm³/mol. The standard InChI is InChI=1S/C27H35NO10/c1-24(2,31)12-26(32,10-20(29)33-3)23(30)37-22-21-16-9-18-17(35-14-36-18)8-15(16)19-11-28-7-5-6-25(21,28)13-27(22,34-4)38-19/h8-9,19,21-22,31-32H,5-7,10-14H2,1-4H3/t19-,21+,22-,25-,26-,27+/m0/s1. The molecule has 5 heterocycles. The highest BCUT2D eigenvalue weighted by atomic mass is 16.7. The van der Waals surface area contributed by atoms with Gasteiger partial charge in [-0.1, -0.05) is 0 Å². The molecule has 1 aromatic rings. The second-order valence-electron chi connectivity index (χ2n) is 11.9. The number of fused-ring (bicyclic) bond motifs is 1. The molecule has 0 amide bonds. The highest BCUT2D eigenvalue weighted by Crippen LogP contribution is 2.65. The quantitative estimate of drug-likeness (QED) is 0.495. The van der Waals surface area contributed by atoms with Gasteiger partial charge < -0.3 is 38.6 Å². The maximum absolute atomic E-state index is 13.8. The van der Waals surface area contributed by atoms with E-state index >= 15 is 0 Å². The lowest BCUT2D eigenvalue weighted by molar-refractivity contribution is -0.285. The third-order valence-corrected chi connectivity index (χ3v) is 8.87. The van der Waals surface area contributed by atoms with Crippen molar-refractivity contribution in [2.24, 2.45) is 0 Å². The van der Waals surface area contributed by atoms with Crippen molar-refractivity contribution in [3.63, 3.8) is 0 Å². The minimum absolute atomic E-state index is 0.129. The van der Waals surface area contributed by atoms with Crippen molar-refractivity contribution in [1.29, 1.82) is 0 Å². The van der Waals surface area contributed by atoms with Gasteiger partial charge >= 0.3 is 11.9 Å². The first-order valence-electron chi connectivity index (χ1n) is 13.1. The number of benzene rings is 1. The van der Waals surface area contributed by atoms with Crippen LogP contribution in [0.3, 0.4) is 0 Å². The van der Waals surface area contributed by atoms with Gasteiger partial charge in [-0.15, -0.1) is 0 Å². The summed E-state index contributed by atoms with van der Waals surface area (Å²) in [7, 11) is 2.71. The summed E-state index contributed by atoms with van der Waals surface area (Å²) in [5.41, 5.74) is -2.31. The lowest BCUT2D eigenvalue weighted by Crippen LogP contribution is -2.53. The van der Waals surface area contributed by atoms with Gasteiger partial charge in [-0.25, -0.2) is 4.79 Å². The fourth-order valence-corrected chi connectivity index (χ4v) is 7.53. The van der Waals surface area contributed by atoms with Crippen LogP contribution in [0.25, 0.3) is 0 Å². The molecule has 1 aliphatic carbocycles. The maximum atomic E-state index is 13.8. The van der Waals surface area contributed by atoms with Crippen LogP contribution >= 0.6 is 0 Å². The number of ether oxygens (including phenoxy) is 6. The van der Waals surface area contributed by atoms with E-state index in [-0.39, 0.29) is 18.8 Å². The summed E-state index contributed by atoms with van der Waals surface area (Å²) in [5.74, 6) is -2.20.